The third-order valence-corrected chi connectivity index (χ3v) is 3.16. The van der Waals surface area contributed by atoms with Crippen LogP contribution in [0.25, 0.3) is 0 Å². The number of benzene rings is 2. The van der Waals surface area contributed by atoms with Gasteiger partial charge in [0.15, 0.2) is 5.78 Å². The van der Waals surface area contributed by atoms with Crippen LogP contribution in [0, 0.1) is 12.7 Å². The van der Waals surface area contributed by atoms with E-state index in [9.17, 15) is 9.18 Å². The minimum absolute atomic E-state index is 0.111. The lowest BCUT2D eigenvalue weighted by Gasteiger charge is -2.05. The highest BCUT2D eigenvalue weighted by atomic mass is 79.9. The van der Waals surface area contributed by atoms with Crippen LogP contribution in [-0.2, 0) is 0 Å². The number of carbonyl (C=O) groups is 1. The Hall–Kier alpha value is -1.48. The first kappa shape index (κ1) is 12.0. The molecule has 86 valence electrons. The normalized spacial score (nSPS) is 10.3. The van der Waals surface area contributed by atoms with Gasteiger partial charge in [0, 0.05) is 15.6 Å². The minimum Gasteiger partial charge on any atom is -0.289 e. The number of rotatable bonds is 2. The Bertz CT molecular complexity index is 561. The summed E-state index contributed by atoms with van der Waals surface area (Å²) in [7, 11) is 0. The van der Waals surface area contributed by atoms with E-state index in [-0.39, 0.29) is 11.6 Å². The molecular formula is C14H10BrFO. The van der Waals surface area contributed by atoms with E-state index in [0.29, 0.717) is 11.1 Å². The number of halogens is 2. The molecule has 0 aliphatic rings. The second-order valence-electron chi connectivity index (χ2n) is 3.82. The van der Waals surface area contributed by atoms with Crippen molar-refractivity contribution in [2.24, 2.45) is 0 Å². The highest BCUT2D eigenvalue weighted by Crippen LogP contribution is 2.21. The van der Waals surface area contributed by atoms with Crippen molar-refractivity contribution in [3.8, 4) is 0 Å². The molecule has 0 atom stereocenters. The molecule has 0 bridgehead atoms. The smallest absolute Gasteiger partial charge is 0.194 e. The van der Waals surface area contributed by atoms with Crippen molar-refractivity contribution in [1.29, 1.82) is 0 Å². The Morgan fingerprint density at radius 1 is 1.12 bits per heavy atom. The van der Waals surface area contributed by atoms with Crippen LogP contribution in [0.2, 0.25) is 0 Å². The van der Waals surface area contributed by atoms with Gasteiger partial charge in [-0.25, -0.2) is 4.39 Å². The Labute approximate surface area is 107 Å². The summed E-state index contributed by atoms with van der Waals surface area (Å²) in [5, 5.41) is 0. The third-order valence-electron chi connectivity index (χ3n) is 2.47. The summed E-state index contributed by atoms with van der Waals surface area (Å²) < 4.78 is 13.5. The van der Waals surface area contributed by atoms with Crippen LogP contribution in [0.4, 0.5) is 4.39 Å². The fraction of sp³-hybridized carbons (Fsp3) is 0.0714. The number of ketones is 1. The largest absolute Gasteiger partial charge is 0.289 e. The van der Waals surface area contributed by atoms with Crippen molar-refractivity contribution in [3.63, 3.8) is 0 Å². The Kier molecular flexibility index (Phi) is 3.38. The standard InChI is InChI=1S/C14H10BrFO/c1-9-2-7-13(15)12(8-9)14(17)10-3-5-11(16)6-4-10/h2-8H,1H3. The van der Waals surface area contributed by atoms with E-state index < -0.39 is 0 Å². The summed E-state index contributed by atoms with van der Waals surface area (Å²) in [4.78, 5) is 12.2. The van der Waals surface area contributed by atoms with Crippen LogP contribution in [0.15, 0.2) is 46.9 Å². The molecule has 0 amide bonds. The topological polar surface area (TPSA) is 17.1 Å². The molecule has 0 aromatic heterocycles. The molecule has 0 aliphatic heterocycles. The fourth-order valence-electron chi connectivity index (χ4n) is 1.57. The number of hydrogen-bond acceptors (Lipinski definition) is 1. The molecule has 0 saturated carbocycles. The average molecular weight is 293 g/mol. The van der Waals surface area contributed by atoms with Gasteiger partial charge < -0.3 is 0 Å². The molecule has 0 unspecified atom stereocenters. The molecule has 2 aromatic rings. The van der Waals surface area contributed by atoms with Crippen molar-refractivity contribution < 1.29 is 9.18 Å². The van der Waals surface area contributed by atoms with Gasteiger partial charge in [-0.05, 0) is 43.3 Å². The molecule has 0 N–H and O–H groups in total. The maximum absolute atomic E-state index is 12.8. The van der Waals surface area contributed by atoms with Gasteiger partial charge in [-0.2, -0.15) is 0 Å². The van der Waals surface area contributed by atoms with E-state index in [1.807, 2.05) is 25.1 Å². The molecule has 0 spiro atoms. The van der Waals surface area contributed by atoms with Crippen LogP contribution in [0.3, 0.4) is 0 Å². The highest BCUT2D eigenvalue weighted by molar-refractivity contribution is 9.10. The first-order valence-corrected chi connectivity index (χ1v) is 5.93. The minimum atomic E-state index is -0.343. The van der Waals surface area contributed by atoms with Gasteiger partial charge in [0.1, 0.15) is 5.82 Å². The molecule has 0 saturated heterocycles. The van der Waals surface area contributed by atoms with Crippen molar-refractivity contribution >= 4 is 21.7 Å². The van der Waals surface area contributed by atoms with Crippen LogP contribution in [0.5, 0.6) is 0 Å². The van der Waals surface area contributed by atoms with E-state index >= 15 is 0 Å². The summed E-state index contributed by atoms with van der Waals surface area (Å²) in [6, 6.07) is 11.1. The molecule has 0 heterocycles. The van der Waals surface area contributed by atoms with Crippen molar-refractivity contribution in [1.82, 2.24) is 0 Å². The second kappa shape index (κ2) is 4.80. The van der Waals surface area contributed by atoms with E-state index in [1.54, 1.807) is 0 Å². The van der Waals surface area contributed by atoms with E-state index in [2.05, 4.69) is 15.9 Å². The van der Waals surface area contributed by atoms with Gasteiger partial charge in [0.25, 0.3) is 0 Å². The number of carbonyl (C=O) groups excluding carboxylic acids is 1. The van der Waals surface area contributed by atoms with Crippen LogP contribution < -0.4 is 0 Å². The third kappa shape index (κ3) is 2.61. The maximum Gasteiger partial charge on any atom is 0.194 e. The Morgan fingerprint density at radius 2 is 1.76 bits per heavy atom. The number of aryl methyl sites for hydroxylation is 1. The molecule has 0 radical (unpaired) electrons. The Morgan fingerprint density at radius 3 is 2.41 bits per heavy atom. The van der Waals surface area contributed by atoms with Gasteiger partial charge >= 0.3 is 0 Å². The maximum atomic E-state index is 12.8. The quantitative estimate of drug-likeness (QED) is 0.761. The van der Waals surface area contributed by atoms with Gasteiger partial charge in [0.2, 0.25) is 0 Å². The van der Waals surface area contributed by atoms with Gasteiger partial charge in [-0.15, -0.1) is 0 Å². The molecule has 0 aliphatic carbocycles. The molecule has 2 aromatic carbocycles. The van der Waals surface area contributed by atoms with Crippen molar-refractivity contribution in [3.05, 3.63) is 69.4 Å². The van der Waals surface area contributed by atoms with Gasteiger partial charge in [-0.1, -0.05) is 27.6 Å². The fourth-order valence-corrected chi connectivity index (χ4v) is 2.00. The SMILES string of the molecule is Cc1ccc(Br)c(C(=O)c2ccc(F)cc2)c1. The summed E-state index contributed by atoms with van der Waals surface area (Å²) in [5.41, 5.74) is 2.09. The lowest BCUT2D eigenvalue weighted by atomic mass is 10.0. The van der Waals surface area contributed by atoms with Crippen molar-refractivity contribution in [2.75, 3.05) is 0 Å². The first-order chi connectivity index (χ1) is 8.08. The van der Waals surface area contributed by atoms with E-state index in [0.717, 1.165) is 10.0 Å². The molecule has 0 fully saturated rings. The number of hydrogen-bond donors (Lipinski definition) is 0. The predicted octanol–water partition coefficient (Wildman–Crippen LogP) is 4.13. The first-order valence-electron chi connectivity index (χ1n) is 5.14. The van der Waals surface area contributed by atoms with E-state index in [1.165, 1.54) is 24.3 Å². The summed E-state index contributed by atoms with van der Waals surface area (Å²) in [5.74, 6) is -0.453. The summed E-state index contributed by atoms with van der Waals surface area (Å²) in [6.45, 7) is 1.92. The summed E-state index contributed by atoms with van der Waals surface area (Å²) >= 11 is 3.35. The Balaban J connectivity index is 2.43. The van der Waals surface area contributed by atoms with Crippen molar-refractivity contribution in [2.45, 2.75) is 6.92 Å². The average Bonchev–Trinajstić information content (AvgIpc) is 2.32. The summed E-state index contributed by atoms with van der Waals surface area (Å²) in [6.07, 6.45) is 0. The van der Waals surface area contributed by atoms with Crippen LogP contribution in [0.1, 0.15) is 21.5 Å². The zero-order chi connectivity index (χ0) is 12.4. The second-order valence-corrected chi connectivity index (χ2v) is 4.67. The molecule has 17 heavy (non-hydrogen) atoms. The molecule has 3 heteroatoms. The highest BCUT2D eigenvalue weighted by Gasteiger charge is 2.12. The lowest BCUT2D eigenvalue weighted by Crippen LogP contribution is -2.02. The van der Waals surface area contributed by atoms with Crippen LogP contribution in [-0.4, -0.2) is 5.78 Å². The lowest BCUT2D eigenvalue weighted by molar-refractivity contribution is 0.103. The zero-order valence-electron chi connectivity index (χ0n) is 9.21. The van der Waals surface area contributed by atoms with E-state index in [4.69, 9.17) is 0 Å². The molecular weight excluding hydrogens is 283 g/mol. The van der Waals surface area contributed by atoms with Crippen LogP contribution >= 0.6 is 15.9 Å². The predicted molar refractivity (Wildman–Crippen MR) is 68.7 cm³/mol. The van der Waals surface area contributed by atoms with Gasteiger partial charge in [0.05, 0.1) is 0 Å². The monoisotopic (exact) mass is 292 g/mol. The van der Waals surface area contributed by atoms with Gasteiger partial charge in [-0.3, -0.25) is 4.79 Å². The zero-order valence-corrected chi connectivity index (χ0v) is 10.8. The molecule has 1 nitrogen and oxygen atoms in total. The molecule has 2 rings (SSSR count).